The van der Waals surface area contributed by atoms with Crippen molar-refractivity contribution in [1.29, 1.82) is 0 Å². The van der Waals surface area contributed by atoms with Gasteiger partial charge in [-0.2, -0.15) is 0 Å². The lowest BCUT2D eigenvalue weighted by Crippen LogP contribution is -2.32. The molecule has 33 heavy (non-hydrogen) atoms. The molecule has 0 aliphatic carbocycles. The van der Waals surface area contributed by atoms with Crippen LogP contribution >= 0.6 is 0 Å². The van der Waals surface area contributed by atoms with Crippen molar-refractivity contribution in [2.75, 3.05) is 13.1 Å². The van der Waals surface area contributed by atoms with Crippen LogP contribution in [-0.2, 0) is 0 Å². The van der Waals surface area contributed by atoms with Gasteiger partial charge in [0.2, 0.25) is 0 Å². The summed E-state index contributed by atoms with van der Waals surface area (Å²) in [5, 5.41) is 4.87. The molecule has 2 aliphatic heterocycles. The van der Waals surface area contributed by atoms with Crippen LogP contribution in [0.5, 0.6) is 5.75 Å². The first-order chi connectivity index (χ1) is 15.9. The van der Waals surface area contributed by atoms with Crippen molar-refractivity contribution in [3.05, 3.63) is 102 Å². The van der Waals surface area contributed by atoms with Crippen LogP contribution in [0.2, 0.25) is 0 Å². The third kappa shape index (κ3) is 4.33. The molecule has 0 N–H and O–H groups in total. The first-order valence-electron chi connectivity index (χ1n) is 11.9. The molecule has 3 atom stereocenters. The van der Waals surface area contributed by atoms with Crippen LogP contribution in [0.3, 0.4) is 0 Å². The van der Waals surface area contributed by atoms with Gasteiger partial charge in [-0.25, -0.2) is 10.0 Å². The molecule has 4 nitrogen and oxygen atoms in total. The predicted molar refractivity (Wildman–Crippen MR) is 131 cm³/mol. The monoisotopic (exact) mass is 440 g/mol. The minimum Gasteiger partial charge on any atom is -0.488 e. The van der Waals surface area contributed by atoms with Gasteiger partial charge in [-0.15, -0.1) is 0 Å². The van der Waals surface area contributed by atoms with E-state index in [2.05, 4.69) is 67.2 Å². The van der Waals surface area contributed by atoms with Crippen LogP contribution in [0, 0.1) is 5.92 Å². The highest BCUT2D eigenvalue weighted by molar-refractivity contribution is 5.99. The number of carbonyl (C=O) groups excluding carboxylic acids is 1. The molecule has 0 unspecified atom stereocenters. The maximum Gasteiger partial charge on any atom is 0.169 e. The van der Waals surface area contributed by atoms with Crippen molar-refractivity contribution in [3.8, 4) is 5.75 Å². The lowest BCUT2D eigenvalue weighted by Gasteiger charge is -2.27. The summed E-state index contributed by atoms with van der Waals surface area (Å²) in [7, 11) is 0. The molecule has 4 heteroatoms. The quantitative estimate of drug-likeness (QED) is 0.450. The first-order valence-corrected chi connectivity index (χ1v) is 11.9. The summed E-state index contributed by atoms with van der Waals surface area (Å²) in [6.45, 7) is 8.10. The highest BCUT2D eigenvalue weighted by atomic mass is 16.5. The van der Waals surface area contributed by atoms with Crippen LogP contribution in [0.1, 0.15) is 60.8 Å². The average Bonchev–Trinajstić information content (AvgIpc) is 3.40. The second-order valence-electron chi connectivity index (χ2n) is 10.0. The highest BCUT2D eigenvalue weighted by Gasteiger charge is 2.53. The van der Waals surface area contributed by atoms with Crippen LogP contribution in [0.25, 0.3) is 0 Å². The highest BCUT2D eigenvalue weighted by Crippen LogP contribution is 2.51. The van der Waals surface area contributed by atoms with Gasteiger partial charge in [0.15, 0.2) is 5.78 Å². The standard InChI is InChI=1S/C29H32N2O2/c1-29(2,3)33-24-17-15-22(16-18-24)27-25(28(32)23-13-8-5-9-14-23)26(21-11-6-4-7-12-21)30-19-10-20-31(27)30/h4-9,11-18,25-27H,10,19-20H2,1-3H3/t25-,26-,27+/m1/s1. The van der Waals surface area contributed by atoms with Crippen molar-refractivity contribution in [2.24, 2.45) is 5.92 Å². The molecule has 0 saturated carbocycles. The number of rotatable bonds is 5. The molecule has 5 rings (SSSR count). The summed E-state index contributed by atoms with van der Waals surface area (Å²) in [5.74, 6) is 0.872. The molecule has 3 aromatic rings. The van der Waals surface area contributed by atoms with Crippen molar-refractivity contribution in [1.82, 2.24) is 10.0 Å². The lowest BCUT2D eigenvalue weighted by atomic mass is 9.80. The Morgan fingerprint density at radius 3 is 1.82 bits per heavy atom. The van der Waals surface area contributed by atoms with Gasteiger partial charge in [0.1, 0.15) is 11.4 Å². The van der Waals surface area contributed by atoms with Gasteiger partial charge < -0.3 is 4.74 Å². The van der Waals surface area contributed by atoms with E-state index in [9.17, 15) is 4.79 Å². The van der Waals surface area contributed by atoms with E-state index in [1.54, 1.807) is 0 Å². The van der Waals surface area contributed by atoms with Crippen LogP contribution < -0.4 is 4.74 Å². The fourth-order valence-electron chi connectivity index (χ4n) is 5.37. The summed E-state index contributed by atoms with van der Waals surface area (Å²) >= 11 is 0. The van der Waals surface area contributed by atoms with Gasteiger partial charge in [0.25, 0.3) is 0 Å². The topological polar surface area (TPSA) is 32.8 Å². The Bertz CT molecular complexity index is 1090. The molecular weight excluding hydrogens is 408 g/mol. The molecule has 2 heterocycles. The molecule has 2 saturated heterocycles. The number of carbonyl (C=O) groups is 1. The van der Waals surface area contributed by atoms with E-state index in [1.165, 1.54) is 5.56 Å². The Labute approximate surface area is 196 Å². The molecule has 0 aromatic heterocycles. The summed E-state index contributed by atoms with van der Waals surface area (Å²) in [4.78, 5) is 14.0. The van der Waals surface area contributed by atoms with E-state index in [1.807, 2.05) is 48.5 Å². The number of hydrazine groups is 1. The SMILES string of the molecule is CC(C)(C)Oc1ccc([C@H]2[C@H](C(=O)c3ccccc3)[C@@H](c3ccccc3)N3CCCN23)cc1. The molecule has 2 aliphatic rings. The van der Waals surface area contributed by atoms with Gasteiger partial charge >= 0.3 is 0 Å². The Kier molecular flexibility index (Phi) is 5.81. The van der Waals surface area contributed by atoms with E-state index >= 15 is 0 Å². The first kappa shape index (κ1) is 21.9. The predicted octanol–water partition coefficient (Wildman–Crippen LogP) is 6.08. The zero-order valence-electron chi connectivity index (χ0n) is 19.6. The van der Waals surface area contributed by atoms with Crippen LogP contribution in [0.15, 0.2) is 84.9 Å². The van der Waals surface area contributed by atoms with E-state index in [0.29, 0.717) is 0 Å². The molecule has 0 amide bonds. The van der Waals surface area contributed by atoms with Crippen molar-refractivity contribution < 1.29 is 9.53 Å². The van der Waals surface area contributed by atoms with E-state index in [-0.39, 0.29) is 29.4 Å². The smallest absolute Gasteiger partial charge is 0.169 e. The Morgan fingerprint density at radius 1 is 0.758 bits per heavy atom. The summed E-state index contributed by atoms with van der Waals surface area (Å²) in [6, 6.07) is 28.7. The summed E-state index contributed by atoms with van der Waals surface area (Å²) in [5.41, 5.74) is 2.90. The zero-order valence-corrected chi connectivity index (χ0v) is 19.6. The molecule has 170 valence electrons. The largest absolute Gasteiger partial charge is 0.488 e. The molecule has 0 radical (unpaired) electrons. The zero-order chi connectivity index (χ0) is 23.0. The Hall–Kier alpha value is -2.95. The number of ketones is 1. The minimum absolute atomic E-state index is 0.00546. The van der Waals surface area contributed by atoms with Gasteiger partial charge in [0, 0.05) is 18.7 Å². The fourth-order valence-corrected chi connectivity index (χ4v) is 5.37. The van der Waals surface area contributed by atoms with E-state index in [4.69, 9.17) is 4.74 Å². The normalized spacial score (nSPS) is 23.4. The lowest BCUT2D eigenvalue weighted by molar-refractivity contribution is 0.0252. The van der Waals surface area contributed by atoms with Crippen molar-refractivity contribution in [2.45, 2.75) is 44.9 Å². The second-order valence-corrected chi connectivity index (χ2v) is 10.0. The summed E-state index contributed by atoms with van der Waals surface area (Å²) in [6.07, 6.45) is 1.11. The van der Waals surface area contributed by atoms with E-state index in [0.717, 1.165) is 36.4 Å². The molecule has 3 aromatic carbocycles. The second kappa shape index (κ2) is 8.77. The number of hydrogen-bond donors (Lipinski definition) is 0. The fraction of sp³-hybridized carbons (Fsp3) is 0.345. The maximum absolute atomic E-state index is 14.0. The summed E-state index contributed by atoms with van der Waals surface area (Å²) < 4.78 is 6.05. The van der Waals surface area contributed by atoms with Gasteiger partial charge in [-0.05, 0) is 50.5 Å². The number of Topliss-reactive ketones (excluding diaryl/α,β-unsaturated/α-hetero) is 1. The number of benzene rings is 3. The molecule has 0 bridgehead atoms. The number of ether oxygens (including phenoxy) is 1. The van der Waals surface area contributed by atoms with Gasteiger partial charge in [-0.1, -0.05) is 72.8 Å². The molecule has 0 spiro atoms. The number of fused-ring (bicyclic) bond motifs is 1. The van der Waals surface area contributed by atoms with Crippen molar-refractivity contribution in [3.63, 3.8) is 0 Å². The number of nitrogens with zero attached hydrogens (tertiary/aromatic N) is 2. The maximum atomic E-state index is 14.0. The van der Waals surface area contributed by atoms with E-state index < -0.39 is 0 Å². The van der Waals surface area contributed by atoms with Gasteiger partial charge in [0.05, 0.1) is 18.0 Å². The average molecular weight is 441 g/mol. The molecular formula is C29H32N2O2. The Balaban J connectivity index is 1.58. The third-order valence-corrected chi connectivity index (χ3v) is 6.57. The Morgan fingerprint density at radius 2 is 1.27 bits per heavy atom. The number of hydrogen-bond acceptors (Lipinski definition) is 4. The third-order valence-electron chi connectivity index (χ3n) is 6.57. The van der Waals surface area contributed by atoms with Crippen LogP contribution in [-0.4, -0.2) is 34.5 Å². The van der Waals surface area contributed by atoms with Crippen LogP contribution in [0.4, 0.5) is 0 Å². The van der Waals surface area contributed by atoms with Gasteiger partial charge in [-0.3, -0.25) is 4.79 Å². The van der Waals surface area contributed by atoms with Crippen molar-refractivity contribution >= 4 is 5.78 Å². The molecule has 2 fully saturated rings. The minimum atomic E-state index is -0.245.